The van der Waals surface area contributed by atoms with Crippen LogP contribution in [0.1, 0.15) is 58.9 Å². The molecule has 0 radical (unpaired) electrons. The van der Waals surface area contributed by atoms with Gasteiger partial charge in [-0.05, 0) is 75.2 Å². The van der Waals surface area contributed by atoms with Crippen LogP contribution in [0, 0.1) is 6.92 Å². The highest BCUT2D eigenvalue weighted by Crippen LogP contribution is 2.45. The molecule has 1 N–H and O–H groups in total. The maximum Gasteiger partial charge on any atom is 0.350 e. The fourth-order valence-corrected chi connectivity index (χ4v) is 6.05. The molecule has 1 aliphatic heterocycles. The molecule has 238 valence electrons. The summed E-state index contributed by atoms with van der Waals surface area (Å²) in [6.07, 6.45) is 0. The summed E-state index contributed by atoms with van der Waals surface area (Å²) in [4.78, 5) is 46.0. The molecular formula is C35H34N2O8S. The van der Waals surface area contributed by atoms with Crippen LogP contribution in [-0.4, -0.2) is 47.6 Å². The Balaban J connectivity index is 1.63. The van der Waals surface area contributed by atoms with Gasteiger partial charge >= 0.3 is 11.9 Å². The molecule has 1 amide bonds. The van der Waals surface area contributed by atoms with Gasteiger partial charge in [0, 0.05) is 5.56 Å². The minimum atomic E-state index is -1.10. The molecule has 2 heterocycles. The number of carbonyl (C=O) groups excluding carboxylic acids is 3. The summed E-state index contributed by atoms with van der Waals surface area (Å²) in [5.74, 6) is -1.29. The van der Waals surface area contributed by atoms with Crippen molar-refractivity contribution in [3.05, 3.63) is 106 Å². The number of nitrogens with zero attached hydrogens (tertiary/aromatic N) is 2. The van der Waals surface area contributed by atoms with Crippen LogP contribution in [0.3, 0.4) is 0 Å². The maximum absolute atomic E-state index is 13.7. The second kappa shape index (κ2) is 14.3. The van der Waals surface area contributed by atoms with Gasteiger partial charge in [-0.15, -0.1) is 0 Å². The zero-order valence-electron chi connectivity index (χ0n) is 25.9. The Morgan fingerprint density at radius 3 is 2.28 bits per heavy atom. The number of hydrogen-bond acceptors (Lipinski definition) is 10. The number of thiazole rings is 1. The fraction of sp³-hybridized carbons (Fsp3) is 0.257. The summed E-state index contributed by atoms with van der Waals surface area (Å²) < 4.78 is 22.7. The predicted octanol–water partition coefficient (Wildman–Crippen LogP) is 6.63. The first-order valence-electron chi connectivity index (χ1n) is 14.9. The average molecular weight is 643 g/mol. The number of aryl methyl sites for hydroxylation is 1. The minimum absolute atomic E-state index is 0.112. The number of aliphatic hydroxyl groups excluding tert-OH is 1. The zero-order valence-corrected chi connectivity index (χ0v) is 26.8. The van der Waals surface area contributed by atoms with Gasteiger partial charge in [-0.3, -0.25) is 14.5 Å². The number of anilines is 1. The quantitative estimate of drug-likeness (QED) is 0.0785. The van der Waals surface area contributed by atoms with Crippen LogP contribution in [-0.2, 0) is 20.9 Å². The third kappa shape index (κ3) is 6.59. The molecule has 0 spiro atoms. The molecule has 4 aromatic rings. The van der Waals surface area contributed by atoms with E-state index in [1.54, 1.807) is 56.3 Å². The van der Waals surface area contributed by atoms with Gasteiger partial charge in [0.1, 0.15) is 23.0 Å². The largest absolute Gasteiger partial charge is 0.507 e. The van der Waals surface area contributed by atoms with Gasteiger partial charge < -0.3 is 24.1 Å². The van der Waals surface area contributed by atoms with Crippen LogP contribution >= 0.6 is 11.3 Å². The molecular weight excluding hydrogens is 608 g/mol. The number of ketones is 1. The molecule has 0 saturated carbocycles. The van der Waals surface area contributed by atoms with Gasteiger partial charge in [-0.2, -0.15) is 0 Å². The molecule has 1 saturated heterocycles. The van der Waals surface area contributed by atoms with E-state index in [1.807, 2.05) is 44.2 Å². The van der Waals surface area contributed by atoms with Crippen molar-refractivity contribution in [2.75, 3.05) is 24.7 Å². The molecule has 10 nitrogen and oxygen atoms in total. The Morgan fingerprint density at radius 1 is 0.891 bits per heavy atom. The summed E-state index contributed by atoms with van der Waals surface area (Å²) in [6, 6.07) is 20.2. The molecule has 3 aromatic carbocycles. The van der Waals surface area contributed by atoms with E-state index in [0.29, 0.717) is 53.9 Å². The lowest BCUT2D eigenvalue weighted by atomic mass is 9.95. The molecule has 46 heavy (non-hydrogen) atoms. The van der Waals surface area contributed by atoms with E-state index < -0.39 is 23.7 Å². The van der Waals surface area contributed by atoms with Crippen LogP contribution in [0.5, 0.6) is 17.2 Å². The molecule has 11 heteroatoms. The fourth-order valence-electron chi connectivity index (χ4n) is 5.07. The standard InChI is InChI=1S/C35H34N2O8S/c1-5-42-25-16-13-23(14-17-25)30(38)28-29(37(33(40)31(28)39)35-36-21(4)32(46-35)34(41)44-7-3)24-15-18-26(27(19-24)43-6-2)45-20-22-11-9-8-10-12-22/h8-19,29,38H,5-7,20H2,1-4H3/b30-28+. The first-order chi connectivity index (χ1) is 22.3. The second-order valence-electron chi connectivity index (χ2n) is 10.2. The van der Waals surface area contributed by atoms with Crippen molar-refractivity contribution >= 4 is 39.9 Å². The summed E-state index contributed by atoms with van der Waals surface area (Å²) in [5, 5.41) is 11.7. The summed E-state index contributed by atoms with van der Waals surface area (Å²) in [6.45, 7) is 8.26. The van der Waals surface area contributed by atoms with E-state index in [-0.39, 0.29) is 27.9 Å². The third-order valence-corrected chi connectivity index (χ3v) is 8.29. The van der Waals surface area contributed by atoms with E-state index in [0.717, 1.165) is 16.9 Å². The van der Waals surface area contributed by atoms with Gasteiger partial charge in [-0.1, -0.05) is 47.7 Å². The molecule has 1 fully saturated rings. The number of Topliss-reactive ketones (excluding diaryl/α,β-unsaturated/α-hetero) is 1. The lowest BCUT2D eigenvalue weighted by Crippen LogP contribution is -2.29. The van der Waals surface area contributed by atoms with Crippen molar-refractivity contribution in [2.45, 2.75) is 40.3 Å². The van der Waals surface area contributed by atoms with Gasteiger partial charge in [-0.25, -0.2) is 9.78 Å². The predicted molar refractivity (Wildman–Crippen MR) is 174 cm³/mol. The zero-order chi connectivity index (χ0) is 32.8. The van der Waals surface area contributed by atoms with Crippen LogP contribution in [0.15, 0.2) is 78.4 Å². The lowest BCUT2D eigenvalue weighted by molar-refractivity contribution is -0.132. The second-order valence-corrected chi connectivity index (χ2v) is 11.1. The van der Waals surface area contributed by atoms with Crippen molar-refractivity contribution in [2.24, 2.45) is 0 Å². The smallest absolute Gasteiger partial charge is 0.350 e. The van der Waals surface area contributed by atoms with Crippen LogP contribution < -0.4 is 19.1 Å². The normalized spacial score (nSPS) is 15.6. The third-order valence-electron chi connectivity index (χ3n) is 7.16. The van der Waals surface area contributed by atoms with E-state index in [2.05, 4.69) is 4.98 Å². The molecule has 1 aliphatic rings. The average Bonchev–Trinajstić information content (AvgIpc) is 3.57. The molecule has 5 rings (SSSR count). The molecule has 0 bridgehead atoms. The van der Waals surface area contributed by atoms with Crippen molar-refractivity contribution in [1.82, 2.24) is 4.98 Å². The van der Waals surface area contributed by atoms with E-state index in [4.69, 9.17) is 18.9 Å². The van der Waals surface area contributed by atoms with Crippen molar-refractivity contribution < 1.29 is 38.4 Å². The minimum Gasteiger partial charge on any atom is -0.507 e. The van der Waals surface area contributed by atoms with Crippen molar-refractivity contribution in [3.8, 4) is 17.2 Å². The number of amides is 1. The Morgan fingerprint density at radius 2 is 1.61 bits per heavy atom. The van der Waals surface area contributed by atoms with Gasteiger partial charge in [0.05, 0.1) is 37.1 Å². The topological polar surface area (TPSA) is 124 Å². The highest BCUT2D eigenvalue weighted by atomic mass is 32.1. The van der Waals surface area contributed by atoms with Crippen LogP contribution in [0.2, 0.25) is 0 Å². The van der Waals surface area contributed by atoms with Gasteiger partial charge in [0.15, 0.2) is 16.6 Å². The Bertz CT molecular complexity index is 1770. The number of aliphatic hydroxyl groups is 1. The number of carbonyl (C=O) groups is 3. The summed E-state index contributed by atoms with van der Waals surface area (Å²) in [7, 11) is 0. The first kappa shape index (κ1) is 32.2. The molecule has 1 unspecified atom stereocenters. The highest BCUT2D eigenvalue weighted by Gasteiger charge is 2.48. The Labute approximate surface area is 270 Å². The number of hydrogen-bond donors (Lipinski definition) is 1. The lowest BCUT2D eigenvalue weighted by Gasteiger charge is -2.24. The highest BCUT2D eigenvalue weighted by molar-refractivity contribution is 7.17. The van der Waals surface area contributed by atoms with Gasteiger partial charge in [0.25, 0.3) is 5.78 Å². The van der Waals surface area contributed by atoms with E-state index in [9.17, 15) is 19.5 Å². The van der Waals surface area contributed by atoms with E-state index >= 15 is 0 Å². The van der Waals surface area contributed by atoms with Crippen LogP contribution in [0.25, 0.3) is 5.76 Å². The number of aromatic nitrogens is 1. The Kier molecular flexibility index (Phi) is 10.0. The monoisotopic (exact) mass is 642 g/mol. The maximum atomic E-state index is 13.7. The number of benzene rings is 3. The summed E-state index contributed by atoms with van der Waals surface area (Å²) in [5.41, 5.74) is 1.97. The number of ether oxygens (including phenoxy) is 4. The SMILES string of the molecule is CCOC(=O)c1sc(N2C(=O)C(=O)/C(=C(/O)c3ccc(OCC)cc3)C2c2ccc(OCc3ccccc3)c(OCC)c2)nc1C. The number of esters is 1. The first-order valence-corrected chi connectivity index (χ1v) is 15.7. The van der Waals surface area contributed by atoms with Crippen molar-refractivity contribution in [3.63, 3.8) is 0 Å². The summed E-state index contributed by atoms with van der Waals surface area (Å²) >= 11 is 0.940. The number of rotatable bonds is 12. The van der Waals surface area contributed by atoms with Crippen LogP contribution in [0.4, 0.5) is 5.13 Å². The molecule has 0 aliphatic carbocycles. The van der Waals surface area contributed by atoms with E-state index in [1.165, 1.54) is 4.90 Å². The van der Waals surface area contributed by atoms with Crippen molar-refractivity contribution in [1.29, 1.82) is 0 Å². The Hall–Kier alpha value is -5.16. The van der Waals surface area contributed by atoms with Gasteiger partial charge in [0.2, 0.25) is 0 Å². The molecule has 1 aromatic heterocycles. The molecule has 1 atom stereocenters.